The van der Waals surface area contributed by atoms with Crippen LogP contribution in [0, 0.1) is 0 Å². The van der Waals surface area contributed by atoms with Gasteiger partial charge in [0.2, 0.25) is 0 Å². The van der Waals surface area contributed by atoms with Crippen LogP contribution < -0.4 is 5.48 Å². The summed E-state index contributed by atoms with van der Waals surface area (Å²) >= 11 is 0. The molecule has 0 fully saturated rings. The molecule has 0 bridgehead atoms. The molecule has 2 rings (SSSR count). The molecule has 0 aliphatic heterocycles. The molecule has 0 saturated heterocycles. The molecular formula is C12H11F3N2O. The molecule has 2 aromatic rings. The summed E-state index contributed by atoms with van der Waals surface area (Å²) < 4.78 is 35.6. The van der Waals surface area contributed by atoms with Crippen LogP contribution in [0.1, 0.15) is 5.56 Å². The minimum atomic E-state index is -4.33. The minimum absolute atomic E-state index is 0.171. The first-order valence-electron chi connectivity index (χ1n) is 5.29. The maximum absolute atomic E-state index is 11.9. The Morgan fingerprint density at radius 3 is 2.72 bits per heavy atom. The predicted octanol–water partition coefficient (Wildman–Crippen LogP) is 2.82. The zero-order chi connectivity index (χ0) is 13.0. The molecule has 1 heterocycles. The average Bonchev–Trinajstić information content (AvgIpc) is 2.33. The largest absolute Gasteiger partial charge is 0.413 e. The summed E-state index contributed by atoms with van der Waals surface area (Å²) in [4.78, 5) is 8.37. The fourth-order valence-corrected chi connectivity index (χ4v) is 1.58. The number of alkyl halides is 3. The van der Waals surface area contributed by atoms with Gasteiger partial charge in [0.25, 0.3) is 0 Å². The van der Waals surface area contributed by atoms with E-state index < -0.39 is 12.8 Å². The van der Waals surface area contributed by atoms with Crippen molar-refractivity contribution < 1.29 is 18.0 Å². The zero-order valence-corrected chi connectivity index (χ0v) is 9.37. The summed E-state index contributed by atoms with van der Waals surface area (Å²) in [5.41, 5.74) is 3.08. The first-order chi connectivity index (χ1) is 8.56. The van der Waals surface area contributed by atoms with E-state index in [2.05, 4.69) is 15.3 Å². The normalized spacial score (nSPS) is 11.9. The summed E-state index contributed by atoms with van der Waals surface area (Å²) in [5, 5.41) is 1.88. The number of hydrogen-bond acceptors (Lipinski definition) is 3. The van der Waals surface area contributed by atoms with Crippen LogP contribution in [0.25, 0.3) is 10.8 Å². The van der Waals surface area contributed by atoms with E-state index in [1.165, 1.54) is 0 Å². The lowest BCUT2D eigenvalue weighted by Gasteiger charge is -2.09. The standard InChI is InChI=1S/C12H11F3N2O/c13-12(14,15)8-18-17-7-10-6-16-5-9-3-1-2-4-11(9)10/h1-6,17H,7-8H2. The molecule has 3 nitrogen and oxygen atoms in total. The lowest BCUT2D eigenvalue weighted by molar-refractivity contribution is -0.190. The second-order valence-electron chi connectivity index (χ2n) is 3.74. The molecule has 1 N–H and O–H groups in total. The van der Waals surface area contributed by atoms with Crippen molar-refractivity contribution in [3.05, 3.63) is 42.2 Å². The maximum atomic E-state index is 11.9. The number of nitrogens with one attached hydrogen (secondary N) is 1. The van der Waals surface area contributed by atoms with E-state index in [1.54, 1.807) is 12.4 Å². The summed E-state index contributed by atoms with van der Waals surface area (Å²) in [7, 11) is 0. The van der Waals surface area contributed by atoms with Crippen molar-refractivity contribution in [2.45, 2.75) is 12.7 Å². The number of nitrogens with zero attached hydrogens (tertiary/aromatic N) is 1. The van der Waals surface area contributed by atoms with Gasteiger partial charge in [-0.05, 0) is 10.9 Å². The van der Waals surface area contributed by atoms with Crippen LogP contribution in [0.4, 0.5) is 13.2 Å². The lowest BCUT2D eigenvalue weighted by Crippen LogP contribution is -2.24. The Balaban J connectivity index is 2.00. The Kier molecular flexibility index (Phi) is 3.78. The van der Waals surface area contributed by atoms with E-state index >= 15 is 0 Å². The van der Waals surface area contributed by atoms with Gasteiger partial charge < -0.3 is 0 Å². The van der Waals surface area contributed by atoms with Crippen LogP contribution in [0.3, 0.4) is 0 Å². The van der Waals surface area contributed by atoms with Gasteiger partial charge in [-0.15, -0.1) is 0 Å². The lowest BCUT2D eigenvalue weighted by atomic mass is 10.1. The monoisotopic (exact) mass is 256 g/mol. The highest BCUT2D eigenvalue weighted by Crippen LogP contribution is 2.17. The van der Waals surface area contributed by atoms with E-state index in [9.17, 15) is 13.2 Å². The van der Waals surface area contributed by atoms with Gasteiger partial charge in [-0.1, -0.05) is 24.3 Å². The van der Waals surface area contributed by atoms with Crippen LogP contribution >= 0.6 is 0 Å². The summed E-state index contributed by atoms with van der Waals surface area (Å²) in [6, 6.07) is 7.52. The van der Waals surface area contributed by atoms with Crippen molar-refractivity contribution in [1.29, 1.82) is 0 Å². The van der Waals surface area contributed by atoms with E-state index in [4.69, 9.17) is 0 Å². The summed E-state index contributed by atoms with van der Waals surface area (Å²) in [6.45, 7) is -1.14. The van der Waals surface area contributed by atoms with Crippen molar-refractivity contribution in [3.63, 3.8) is 0 Å². The number of aromatic nitrogens is 1. The molecule has 0 aliphatic carbocycles. The number of benzene rings is 1. The number of pyridine rings is 1. The summed E-state index contributed by atoms with van der Waals surface area (Å²) in [5.74, 6) is 0. The number of rotatable bonds is 4. The summed E-state index contributed by atoms with van der Waals surface area (Å²) in [6.07, 6.45) is -1.02. The molecule has 0 amide bonds. The van der Waals surface area contributed by atoms with E-state index in [0.717, 1.165) is 16.3 Å². The van der Waals surface area contributed by atoms with Gasteiger partial charge in [0, 0.05) is 24.3 Å². The molecule has 96 valence electrons. The van der Waals surface area contributed by atoms with Crippen molar-refractivity contribution in [1.82, 2.24) is 10.5 Å². The van der Waals surface area contributed by atoms with Gasteiger partial charge in [0.15, 0.2) is 6.61 Å². The minimum Gasteiger partial charge on any atom is -0.292 e. The second-order valence-corrected chi connectivity index (χ2v) is 3.74. The Hall–Kier alpha value is -1.66. The SMILES string of the molecule is FC(F)(F)CONCc1cncc2ccccc12. The van der Waals surface area contributed by atoms with Crippen LogP contribution in [-0.2, 0) is 11.4 Å². The van der Waals surface area contributed by atoms with Crippen molar-refractivity contribution in [3.8, 4) is 0 Å². The van der Waals surface area contributed by atoms with Crippen LogP contribution in [0.15, 0.2) is 36.7 Å². The molecule has 6 heteroatoms. The quantitative estimate of drug-likeness (QED) is 0.674. The van der Waals surface area contributed by atoms with Gasteiger partial charge in [0.05, 0.1) is 0 Å². The van der Waals surface area contributed by atoms with Crippen LogP contribution in [0.5, 0.6) is 0 Å². The number of hydroxylamine groups is 1. The third kappa shape index (κ3) is 3.41. The Morgan fingerprint density at radius 1 is 1.17 bits per heavy atom. The first-order valence-corrected chi connectivity index (χ1v) is 5.29. The topological polar surface area (TPSA) is 34.1 Å². The van der Waals surface area contributed by atoms with Crippen LogP contribution in [0.2, 0.25) is 0 Å². The second kappa shape index (κ2) is 5.32. The molecule has 18 heavy (non-hydrogen) atoms. The fraction of sp³-hybridized carbons (Fsp3) is 0.250. The Labute approximate surface area is 102 Å². The highest BCUT2D eigenvalue weighted by molar-refractivity contribution is 5.84. The van der Waals surface area contributed by atoms with Crippen molar-refractivity contribution in [2.75, 3.05) is 6.61 Å². The zero-order valence-electron chi connectivity index (χ0n) is 9.37. The van der Waals surface area contributed by atoms with Gasteiger partial charge in [-0.2, -0.15) is 18.7 Å². The van der Waals surface area contributed by atoms with Gasteiger partial charge in [-0.25, -0.2) is 0 Å². The Morgan fingerprint density at radius 2 is 1.94 bits per heavy atom. The third-order valence-corrected chi connectivity index (χ3v) is 2.35. The molecule has 1 aromatic heterocycles. The highest BCUT2D eigenvalue weighted by atomic mass is 19.4. The van der Waals surface area contributed by atoms with E-state index in [1.807, 2.05) is 24.3 Å². The third-order valence-electron chi connectivity index (χ3n) is 2.35. The molecule has 0 aliphatic rings. The molecule has 0 radical (unpaired) electrons. The van der Waals surface area contributed by atoms with E-state index in [0.29, 0.717) is 0 Å². The molecule has 0 spiro atoms. The number of halogens is 3. The van der Waals surface area contributed by atoms with Gasteiger partial charge in [0.1, 0.15) is 0 Å². The van der Waals surface area contributed by atoms with Crippen LogP contribution in [-0.4, -0.2) is 17.8 Å². The fourth-order valence-electron chi connectivity index (χ4n) is 1.58. The van der Waals surface area contributed by atoms with Gasteiger partial charge >= 0.3 is 6.18 Å². The van der Waals surface area contributed by atoms with Gasteiger partial charge in [-0.3, -0.25) is 9.82 Å². The first kappa shape index (κ1) is 12.8. The Bertz CT molecular complexity index is 523. The number of hydrogen-bond donors (Lipinski definition) is 1. The highest BCUT2D eigenvalue weighted by Gasteiger charge is 2.27. The van der Waals surface area contributed by atoms with E-state index in [-0.39, 0.29) is 6.54 Å². The molecule has 0 saturated carbocycles. The average molecular weight is 256 g/mol. The van der Waals surface area contributed by atoms with Crippen molar-refractivity contribution >= 4 is 10.8 Å². The predicted molar refractivity (Wildman–Crippen MR) is 60.6 cm³/mol. The molecule has 1 aromatic carbocycles. The molecular weight excluding hydrogens is 245 g/mol. The smallest absolute Gasteiger partial charge is 0.292 e. The molecule has 0 atom stereocenters. The molecule has 0 unspecified atom stereocenters. The number of fused-ring (bicyclic) bond motifs is 1. The van der Waals surface area contributed by atoms with Crippen molar-refractivity contribution in [2.24, 2.45) is 0 Å². The maximum Gasteiger partial charge on any atom is 0.413 e.